The van der Waals surface area contributed by atoms with Crippen LogP contribution in [0, 0.1) is 11.8 Å². The summed E-state index contributed by atoms with van der Waals surface area (Å²) in [5.41, 5.74) is 4.72. The normalized spacial score (nSPS) is 14.9. The summed E-state index contributed by atoms with van der Waals surface area (Å²) in [5.74, 6) is 6.26. The van der Waals surface area contributed by atoms with Gasteiger partial charge in [0.15, 0.2) is 5.65 Å². The van der Waals surface area contributed by atoms with Crippen LogP contribution in [0.2, 0.25) is 0 Å². The number of carbonyl (C=O) groups is 1. The SMILES string of the molecule is C=C/C(C#Cc1cnc2ccc(-c3ccc(C(=O)N4CCN(C)CC4)cc3)nn12)=C\C. The van der Waals surface area contributed by atoms with Gasteiger partial charge in [-0.3, -0.25) is 4.79 Å². The number of amides is 1. The molecule has 1 aliphatic heterocycles. The molecule has 0 spiro atoms. The zero-order valence-corrected chi connectivity index (χ0v) is 17.9. The number of likely N-dealkylation sites (N-methyl/N-ethyl adjacent to an activating group) is 1. The molecule has 0 unspecified atom stereocenters. The summed E-state index contributed by atoms with van der Waals surface area (Å²) in [6.45, 7) is 9.03. The first-order valence-corrected chi connectivity index (χ1v) is 10.3. The van der Waals surface area contributed by atoms with E-state index in [4.69, 9.17) is 5.10 Å². The summed E-state index contributed by atoms with van der Waals surface area (Å²) in [5, 5.41) is 4.71. The number of rotatable bonds is 3. The fraction of sp³-hybridized carbons (Fsp3) is 0.240. The van der Waals surface area contributed by atoms with Crippen LogP contribution < -0.4 is 0 Å². The number of hydrogen-bond donors (Lipinski definition) is 0. The molecule has 1 fully saturated rings. The van der Waals surface area contributed by atoms with Crippen LogP contribution >= 0.6 is 0 Å². The molecule has 1 aliphatic rings. The Balaban J connectivity index is 1.58. The molecular formula is C25H25N5O. The zero-order chi connectivity index (χ0) is 21.8. The van der Waals surface area contributed by atoms with Crippen LogP contribution in [0.3, 0.4) is 0 Å². The predicted molar refractivity (Wildman–Crippen MR) is 123 cm³/mol. The van der Waals surface area contributed by atoms with Crippen molar-refractivity contribution >= 4 is 11.6 Å². The Morgan fingerprint density at radius 3 is 2.52 bits per heavy atom. The first-order valence-electron chi connectivity index (χ1n) is 10.3. The highest BCUT2D eigenvalue weighted by Gasteiger charge is 2.20. The van der Waals surface area contributed by atoms with Crippen molar-refractivity contribution < 1.29 is 4.79 Å². The highest BCUT2D eigenvalue weighted by Crippen LogP contribution is 2.19. The second kappa shape index (κ2) is 8.99. The second-order valence-corrected chi connectivity index (χ2v) is 7.50. The molecule has 0 aliphatic carbocycles. The van der Waals surface area contributed by atoms with Crippen molar-refractivity contribution in [3.8, 4) is 23.1 Å². The monoisotopic (exact) mass is 411 g/mol. The molecule has 1 saturated heterocycles. The molecule has 3 aromatic rings. The fourth-order valence-electron chi connectivity index (χ4n) is 3.47. The Morgan fingerprint density at radius 2 is 1.84 bits per heavy atom. The van der Waals surface area contributed by atoms with Gasteiger partial charge in [0.2, 0.25) is 0 Å². The Hall–Kier alpha value is -3.69. The van der Waals surface area contributed by atoms with E-state index in [2.05, 4.69) is 35.4 Å². The van der Waals surface area contributed by atoms with Gasteiger partial charge in [-0.1, -0.05) is 36.8 Å². The van der Waals surface area contributed by atoms with Gasteiger partial charge in [-0.15, -0.1) is 0 Å². The van der Waals surface area contributed by atoms with Crippen molar-refractivity contribution in [3.05, 3.63) is 78.2 Å². The Morgan fingerprint density at radius 1 is 1.10 bits per heavy atom. The van der Waals surface area contributed by atoms with E-state index in [0.717, 1.165) is 48.7 Å². The molecule has 31 heavy (non-hydrogen) atoms. The van der Waals surface area contributed by atoms with E-state index in [9.17, 15) is 4.79 Å². The summed E-state index contributed by atoms with van der Waals surface area (Å²) in [4.78, 5) is 21.3. The van der Waals surface area contributed by atoms with E-state index in [1.54, 1.807) is 16.8 Å². The molecule has 6 heteroatoms. The lowest BCUT2D eigenvalue weighted by Gasteiger charge is -2.32. The van der Waals surface area contributed by atoms with Gasteiger partial charge in [-0.2, -0.15) is 5.10 Å². The number of nitrogens with zero attached hydrogens (tertiary/aromatic N) is 5. The molecule has 0 saturated carbocycles. The molecule has 6 nitrogen and oxygen atoms in total. The fourth-order valence-corrected chi connectivity index (χ4v) is 3.47. The number of benzene rings is 1. The largest absolute Gasteiger partial charge is 0.336 e. The molecule has 0 N–H and O–H groups in total. The van der Waals surface area contributed by atoms with Crippen molar-refractivity contribution in [1.29, 1.82) is 0 Å². The van der Waals surface area contributed by atoms with E-state index < -0.39 is 0 Å². The average molecular weight is 412 g/mol. The van der Waals surface area contributed by atoms with Crippen LogP contribution in [-0.4, -0.2) is 63.5 Å². The van der Waals surface area contributed by atoms with Gasteiger partial charge in [0.05, 0.1) is 11.9 Å². The lowest BCUT2D eigenvalue weighted by molar-refractivity contribution is 0.0664. The van der Waals surface area contributed by atoms with Crippen LogP contribution in [0.15, 0.2) is 66.9 Å². The van der Waals surface area contributed by atoms with Crippen LogP contribution in [-0.2, 0) is 0 Å². The maximum atomic E-state index is 12.8. The third kappa shape index (κ3) is 4.42. The maximum Gasteiger partial charge on any atom is 0.253 e. The maximum absolute atomic E-state index is 12.8. The minimum Gasteiger partial charge on any atom is -0.336 e. The molecule has 1 amide bonds. The number of hydrogen-bond acceptors (Lipinski definition) is 4. The van der Waals surface area contributed by atoms with E-state index in [1.165, 1.54) is 0 Å². The van der Waals surface area contributed by atoms with Crippen molar-refractivity contribution in [2.75, 3.05) is 33.2 Å². The molecular weight excluding hydrogens is 386 g/mol. The minimum absolute atomic E-state index is 0.0808. The smallest absolute Gasteiger partial charge is 0.253 e. The summed E-state index contributed by atoms with van der Waals surface area (Å²) >= 11 is 0. The first kappa shape index (κ1) is 20.6. The highest BCUT2D eigenvalue weighted by atomic mass is 16.2. The minimum atomic E-state index is 0.0808. The molecule has 0 bridgehead atoms. The van der Waals surface area contributed by atoms with Crippen LogP contribution in [0.1, 0.15) is 23.0 Å². The number of fused-ring (bicyclic) bond motifs is 1. The van der Waals surface area contributed by atoms with Gasteiger partial charge >= 0.3 is 0 Å². The van der Waals surface area contributed by atoms with Crippen molar-refractivity contribution in [3.63, 3.8) is 0 Å². The molecule has 3 heterocycles. The van der Waals surface area contributed by atoms with Crippen molar-refractivity contribution in [2.24, 2.45) is 0 Å². The van der Waals surface area contributed by atoms with Crippen molar-refractivity contribution in [1.82, 2.24) is 24.4 Å². The standard InChI is InChI=1S/C25H25N5O/c1-4-19(5-2)6-11-22-18-26-24-13-12-23(27-30(22)24)20-7-9-21(10-8-20)25(31)29-16-14-28(3)15-17-29/h4-5,7-10,12-13,18H,1,14-17H2,2-3H3/b19-5+. The number of allylic oxidation sites excluding steroid dienone is 3. The van der Waals surface area contributed by atoms with Gasteiger partial charge in [0.25, 0.3) is 5.91 Å². The van der Waals surface area contributed by atoms with E-state index in [1.807, 2.05) is 54.3 Å². The number of imidazole rings is 1. The number of carbonyl (C=O) groups excluding carboxylic acids is 1. The summed E-state index contributed by atoms with van der Waals surface area (Å²) in [6, 6.07) is 11.5. The summed E-state index contributed by atoms with van der Waals surface area (Å²) in [7, 11) is 2.08. The zero-order valence-electron chi connectivity index (χ0n) is 17.9. The van der Waals surface area contributed by atoms with Crippen LogP contribution in [0.5, 0.6) is 0 Å². The quantitative estimate of drug-likeness (QED) is 0.490. The topological polar surface area (TPSA) is 53.7 Å². The average Bonchev–Trinajstić information content (AvgIpc) is 3.22. The first-order chi connectivity index (χ1) is 15.1. The molecule has 0 atom stereocenters. The van der Waals surface area contributed by atoms with Gasteiger partial charge in [-0.25, -0.2) is 9.50 Å². The number of aromatic nitrogens is 3. The lowest BCUT2D eigenvalue weighted by Crippen LogP contribution is -2.47. The molecule has 1 aromatic carbocycles. The third-order valence-corrected chi connectivity index (χ3v) is 5.45. The van der Waals surface area contributed by atoms with Gasteiger partial charge < -0.3 is 9.80 Å². The van der Waals surface area contributed by atoms with Crippen LogP contribution in [0.4, 0.5) is 0 Å². The lowest BCUT2D eigenvalue weighted by atomic mass is 10.1. The Labute approximate surface area is 182 Å². The second-order valence-electron chi connectivity index (χ2n) is 7.50. The van der Waals surface area contributed by atoms with Gasteiger partial charge in [0.1, 0.15) is 5.69 Å². The number of piperazine rings is 1. The van der Waals surface area contributed by atoms with Gasteiger partial charge in [0, 0.05) is 42.9 Å². The Bertz CT molecular complexity index is 1200. The van der Waals surface area contributed by atoms with E-state index in [-0.39, 0.29) is 5.91 Å². The van der Waals surface area contributed by atoms with E-state index >= 15 is 0 Å². The van der Waals surface area contributed by atoms with E-state index in [0.29, 0.717) is 11.3 Å². The van der Waals surface area contributed by atoms with Crippen molar-refractivity contribution in [2.45, 2.75) is 6.92 Å². The third-order valence-electron chi connectivity index (χ3n) is 5.45. The molecule has 2 aromatic heterocycles. The Kier molecular flexibility index (Phi) is 5.96. The predicted octanol–water partition coefficient (Wildman–Crippen LogP) is 3.27. The summed E-state index contributed by atoms with van der Waals surface area (Å²) in [6.07, 6.45) is 5.35. The molecule has 4 rings (SSSR count). The van der Waals surface area contributed by atoms with Crippen LogP contribution in [0.25, 0.3) is 16.9 Å². The molecule has 156 valence electrons. The highest BCUT2D eigenvalue weighted by molar-refractivity contribution is 5.94. The summed E-state index contributed by atoms with van der Waals surface area (Å²) < 4.78 is 1.74. The molecule has 0 radical (unpaired) electrons. The van der Waals surface area contributed by atoms with Gasteiger partial charge in [-0.05, 0) is 44.2 Å².